The first-order valence-electron chi connectivity index (χ1n) is 10.8. The molecular weight excluding hydrogens is 478 g/mol. The van der Waals surface area contributed by atoms with Gasteiger partial charge in [-0.2, -0.15) is 12.6 Å². The van der Waals surface area contributed by atoms with E-state index < -0.39 is 60.2 Å². The lowest BCUT2D eigenvalue weighted by Gasteiger charge is -2.23. The van der Waals surface area contributed by atoms with Gasteiger partial charge in [0, 0.05) is 35.7 Å². The molecule has 2 rings (SSSR count). The molecular formula is C22H29N5O7S. The zero-order valence-electron chi connectivity index (χ0n) is 19.0. The Morgan fingerprint density at radius 1 is 1.00 bits per heavy atom. The first-order chi connectivity index (χ1) is 16.5. The van der Waals surface area contributed by atoms with Gasteiger partial charge in [0.1, 0.15) is 18.1 Å². The number of carbonyl (C=O) groups excluding carboxylic acids is 3. The Hall–Kier alpha value is -3.58. The summed E-state index contributed by atoms with van der Waals surface area (Å²) in [4.78, 5) is 63.0. The fourth-order valence-electron chi connectivity index (χ4n) is 3.29. The number of aromatic amines is 1. The van der Waals surface area contributed by atoms with Crippen LogP contribution in [0.15, 0.2) is 30.5 Å². The molecule has 0 fully saturated rings. The predicted octanol–water partition coefficient (Wildman–Crippen LogP) is -0.609. The summed E-state index contributed by atoms with van der Waals surface area (Å²) < 4.78 is 0. The Bertz CT molecular complexity index is 1090. The minimum atomic E-state index is -1.44. The number of nitrogens with two attached hydrogens (primary N) is 1. The lowest BCUT2D eigenvalue weighted by Crippen LogP contribution is -2.57. The van der Waals surface area contributed by atoms with E-state index in [1.165, 1.54) is 6.92 Å². The van der Waals surface area contributed by atoms with Crippen molar-refractivity contribution in [2.45, 2.75) is 50.4 Å². The number of carbonyl (C=O) groups is 5. The summed E-state index contributed by atoms with van der Waals surface area (Å²) >= 11 is 4.00. The summed E-state index contributed by atoms with van der Waals surface area (Å²) in [5.41, 5.74) is 7.31. The third-order valence-corrected chi connectivity index (χ3v) is 5.67. The smallest absolute Gasteiger partial charge is 0.326 e. The summed E-state index contributed by atoms with van der Waals surface area (Å²) in [6, 6.07) is 2.74. The van der Waals surface area contributed by atoms with Gasteiger partial charge in [-0.3, -0.25) is 19.2 Å². The van der Waals surface area contributed by atoms with E-state index in [-0.39, 0.29) is 18.6 Å². The normalized spacial score (nSPS) is 14.4. The monoisotopic (exact) mass is 507 g/mol. The van der Waals surface area contributed by atoms with Crippen molar-refractivity contribution >= 4 is 53.2 Å². The van der Waals surface area contributed by atoms with Gasteiger partial charge in [-0.25, -0.2) is 4.79 Å². The summed E-state index contributed by atoms with van der Waals surface area (Å²) in [5, 5.41) is 26.1. The van der Waals surface area contributed by atoms with Crippen LogP contribution in [-0.2, 0) is 30.4 Å². The highest BCUT2D eigenvalue weighted by Gasteiger charge is 2.29. The number of aromatic nitrogens is 1. The number of fused-ring (bicyclic) bond motifs is 1. The molecule has 0 aliphatic heterocycles. The number of nitrogens with one attached hydrogen (secondary N) is 4. The van der Waals surface area contributed by atoms with E-state index in [1.807, 2.05) is 24.3 Å². The van der Waals surface area contributed by atoms with Gasteiger partial charge in [-0.1, -0.05) is 18.2 Å². The molecule has 0 aliphatic rings. The highest BCUT2D eigenvalue weighted by molar-refractivity contribution is 7.80. The number of amides is 3. The number of aliphatic carboxylic acids is 2. The van der Waals surface area contributed by atoms with Crippen molar-refractivity contribution in [3.05, 3.63) is 36.0 Å². The van der Waals surface area contributed by atoms with Crippen molar-refractivity contribution in [2.75, 3.05) is 5.75 Å². The van der Waals surface area contributed by atoms with Gasteiger partial charge >= 0.3 is 11.9 Å². The van der Waals surface area contributed by atoms with Gasteiger partial charge in [-0.15, -0.1) is 0 Å². The van der Waals surface area contributed by atoms with Gasteiger partial charge in [0.2, 0.25) is 17.7 Å². The standard InChI is InChI=1S/C22H29N5O7S/c1-11(19(30)26-16(22(33)34)6-7-18(28)29)25-21(32)17(27-20(31)14(23)10-35)8-12-9-24-15-5-3-2-4-13(12)15/h2-5,9,11,14,16-17,24,35H,6-8,10,23H2,1H3,(H,25,32)(H,26,30)(H,27,31)(H,28,29)(H,33,34). The maximum atomic E-state index is 13.0. The summed E-state index contributed by atoms with van der Waals surface area (Å²) in [7, 11) is 0. The molecule has 1 aromatic carbocycles. The lowest BCUT2D eigenvalue weighted by molar-refractivity contribution is -0.143. The Morgan fingerprint density at radius 2 is 1.66 bits per heavy atom. The third kappa shape index (κ3) is 8.00. The number of rotatable bonds is 13. The second-order valence-corrected chi connectivity index (χ2v) is 8.34. The number of hydrogen-bond acceptors (Lipinski definition) is 7. The van der Waals surface area contributed by atoms with Crippen molar-refractivity contribution in [1.82, 2.24) is 20.9 Å². The van der Waals surface area contributed by atoms with Crippen LogP contribution in [-0.4, -0.2) is 74.8 Å². The highest BCUT2D eigenvalue weighted by atomic mass is 32.1. The molecule has 0 radical (unpaired) electrons. The van der Waals surface area contributed by atoms with Crippen LogP contribution in [0.5, 0.6) is 0 Å². The van der Waals surface area contributed by atoms with Crippen LogP contribution in [0.3, 0.4) is 0 Å². The van der Waals surface area contributed by atoms with Gasteiger partial charge in [0.15, 0.2) is 0 Å². The molecule has 0 spiro atoms. The zero-order chi connectivity index (χ0) is 26.1. The number of benzene rings is 1. The molecule has 13 heteroatoms. The Kier molecular flexibility index (Phi) is 10.1. The second kappa shape index (κ2) is 12.8. The SMILES string of the molecule is CC(NC(=O)C(Cc1c[nH]c2ccccc12)NC(=O)C(N)CS)C(=O)NC(CCC(=O)O)C(=O)O. The molecule has 8 N–H and O–H groups in total. The third-order valence-electron chi connectivity index (χ3n) is 5.28. The number of carboxylic acid groups (broad SMARTS) is 2. The van der Waals surface area contributed by atoms with Crippen LogP contribution in [0, 0.1) is 0 Å². The maximum Gasteiger partial charge on any atom is 0.326 e. The minimum absolute atomic E-state index is 0.0545. The molecule has 4 atom stereocenters. The van der Waals surface area contributed by atoms with Crippen molar-refractivity contribution in [3.63, 3.8) is 0 Å². The quantitative estimate of drug-likeness (QED) is 0.164. The van der Waals surface area contributed by atoms with Gasteiger partial charge in [0.05, 0.1) is 6.04 Å². The molecule has 0 aliphatic carbocycles. The maximum absolute atomic E-state index is 13.0. The number of hydrogen-bond donors (Lipinski definition) is 8. The summed E-state index contributed by atoms with van der Waals surface area (Å²) in [6.07, 6.45) is 1.03. The number of carboxylic acids is 2. The van der Waals surface area contributed by atoms with Gasteiger partial charge < -0.3 is 36.9 Å². The fraction of sp³-hybridized carbons (Fsp3) is 0.409. The van der Waals surface area contributed by atoms with E-state index in [4.69, 9.17) is 10.8 Å². The number of para-hydroxylation sites is 1. The van der Waals surface area contributed by atoms with E-state index >= 15 is 0 Å². The Morgan fingerprint density at radius 3 is 2.29 bits per heavy atom. The van der Waals surface area contributed by atoms with Gasteiger partial charge in [-0.05, 0) is 25.0 Å². The van der Waals surface area contributed by atoms with Crippen LogP contribution >= 0.6 is 12.6 Å². The van der Waals surface area contributed by atoms with Crippen LogP contribution in [0.2, 0.25) is 0 Å². The average Bonchev–Trinajstić information content (AvgIpc) is 3.22. The molecule has 0 bridgehead atoms. The zero-order valence-corrected chi connectivity index (χ0v) is 19.9. The highest BCUT2D eigenvalue weighted by Crippen LogP contribution is 2.19. The lowest BCUT2D eigenvalue weighted by atomic mass is 10.0. The van der Waals surface area contributed by atoms with E-state index in [1.54, 1.807) is 6.20 Å². The van der Waals surface area contributed by atoms with E-state index in [0.717, 1.165) is 16.5 Å². The van der Waals surface area contributed by atoms with Crippen LogP contribution in [0.4, 0.5) is 0 Å². The van der Waals surface area contributed by atoms with Crippen LogP contribution in [0.1, 0.15) is 25.3 Å². The molecule has 35 heavy (non-hydrogen) atoms. The second-order valence-electron chi connectivity index (χ2n) is 7.98. The molecule has 12 nitrogen and oxygen atoms in total. The van der Waals surface area contributed by atoms with E-state index in [0.29, 0.717) is 0 Å². The first-order valence-corrected chi connectivity index (χ1v) is 11.4. The molecule has 3 amide bonds. The molecule has 0 saturated heterocycles. The van der Waals surface area contributed by atoms with Crippen LogP contribution in [0.25, 0.3) is 10.9 Å². The minimum Gasteiger partial charge on any atom is -0.481 e. The van der Waals surface area contributed by atoms with Crippen molar-refractivity contribution in [1.29, 1.82) is 0 Å². The number of thiol groups is 1. The first kappa shape index (κ1) is 27.7. The van der Waals surface area contributed by atoms with Crippen LogP contribution < -0.4 is 21.7 Å². The van der Waals surface area contributed by atoms with E-state index in [2.05, 4.69) is 33.6 Å². The Labute approximate surface area is 206 Å². The molecule has 4 unspecified atom stereocenters. The van der Waals surface area contributed by atoms with Crippen molar-refractivity contribution < 1.29 is 34.2 Å². The van der Waals surface area contributed by atoms with Gasteiger partial charge in [0.25, 0.3) is 0 Å². The molecule has 2 aromatic rings. The molecule has 190 valence electrons. The average molecular weight is 508 g/mol. The molecule has 0 saturated carbocycles. The fourth-order valence-corrected chi connectivity index (χ4v) is 3.46. The van der Waals surface area contributed by atoms with E-state index in [9.17, 15) is 29.1 Å². The van der Waals surface area contributed by atoms with Crippen molar-refractivity contribution in [3.8, 4) is 0 Å². The summed E-state index contributed by atoms with van der Waals surface area (Å²) in [6.45, 7) is 1.34. The molecule has 1 heterocycles. The largest absolute Gasteiger partial charge is 0.481 e. The number of H-pyrrole nitrogens is 1. The summed E-state index contributed by atoms with van der Waals surface area (Å²) in [5.74, 6) is -4.66. The molecule has 1 aromatic heterocycles. The van der Waals surface area contributed by atoms with Crippen molar-refractivity contribution in [2.24, 2.45) is 5.73 Å². The Balaban J connectivity index is 2.14. The topological polar surface area (TPSA) is 204 Å². The predicted molar refractivity (Wildman–Crippen MR) is 130 cm³/mol.